The Labute approximate surface area is 147 Å². The lowest BCUT2D eigenvalue weighted by atomic mass is 10.1. The van der Waals surface area contributed by atoms with Crippen LogP contribution in [-0.4, -0.2) is 16.5 Å². The van der Waals surface area contributed by atoms with Gasteiger partial charge in [-0.1, -0.05) is 28.1 Å². The fraction of sp³-hybridized carbons (Fsp3) is 0.375. The maximum atomic E-state index is 4.84. The number of rotatable bonds is 4. The molecule has 0 saturated heterocycles. The topological polar surface area (TPSA) is 37.8 Å². The molecular weight excluding hydrogens is 441 g/mol. The summed E-state index contributed by atoms with van der Waals surface area (Å²) >= 11 is 5.97. The molecule has 0 bridgehead atoms. The quantitative estimate of drug-likeness (QED) is 0.647. The van der Waals surface area contributed by atoms with Crippen molar-refractivity contribution in [3.8, 4) is 11.4 Å². The third-order valence-corrected chi connectivity index (χ3v) is 5.53. The lowest BCUT2D eigenvalue weighted by Crippen LogP contribution is -2.07. The molecular formula is C16H17BrIN3. The van der Waals surface area contributed by atoms with Gasteiger partial charge in [0, 0.05) is 22.5 Å². The van der Waals surface area contributed by atoms with Crippen molar-refractivity contribution in [2.45, 2.75) is 32.6 Å². The lowest BCUT2D eigenvalue weighted by molar-refractivity contribution is 0.972. The smallest absolute Gasteiger partial charge is 0.161 e. The maximum Gasteiger partial charge on any atom is 0.161 e. The van der Waals surface area contributed by atoms with Crippen LogP contribution in [0.4, 0.5) is 5.82 Å². The molecule has 1 fully saturated rings. The number of hydrogen-bond acceptors (Lipinski definition) is 3. The van der Waals surface area contributed by atoms with Gasteiger partial charge < -0.3 is 5.32 Å². The van der Waals surface area contributed by atoms with Crippen LogP contribution in [0.1, 0.15) is 36.9 Å². The summed E-state index contributed by atoms with van der Waals surface area (Å²) < 4.78 is 2.27. The van der Waals surface area contributed by atoms with E-state index in [9.17, 15) is 0 Å². The number of aromatic nitrogens is 2. The molecule has 3 nitrogen and oxygen atoms in total. The van der Waals surface area contributed by atoms with E-state index >= 15 is 0 Å². The molecule has 1 aliphatic rings. The molecule has 1 aromatic heterocycles. The minimum atomic E-state index is 0.616. The monoisotopic (exact) mass is 457 g/mol. The summed E-state index contributed by atoms with van der Waals surface area (Å²) in [4.78, 5) is 9.56. The van der Waals surface area contributed by atoms with Crippen LogP contribution in [-0.2, 0) is 0 Å². The highest BCUT2D eigenvalue weighted by atomic mass is 127. The first-order chi connectivity index (χ1) is 10.1. The molecule has 1 aliphatic carbocycles. The van der Waals surface area contributed by atoms with E-state index in [1.807, 2.05) is 0 Å². The molecule has 5 heteroatoms. The van der Waals surface area contributed by atoms with Crippen LogP contribution < -0.4 is 5.32 Å². The summed E-state index contributed by atoms with van der Waals surface area (Å²) in [6.07, 6.45) is 2.49. The van der Waals surface area contributed by atoms with Gasteiger partial charge in [-0.3, -0.25) is 0 Å². The molecule has 1 aromatic carbocycles. The average Bonchev–Trinajstić information content (AvgIpc) is 3.29. The number of nitrogens with zero attached hydrogens (tertiary/aromatic N) is 2. The van der Waals surface area contributed by atoms with E-state index in [1.165, 1.54) is 27.7 Å². The molecule has 3 rings (SSSR count). The predicted octanol–water partition coefficient (Wildman–Crippen LogP) is 5.13. The highest BCUT2D eigenvalue weighted by Crippen LogP contribution is 2.43. The second-order valence-corrected chi connectivity index (χ2v) is 7.30. The zero-order valence-corrected chi connectivity index (χ0v) is 15.8. The van der Waals surface area contributed by atoms with E-state index in [0.29, 0.717) is 5.92 Å². The molecule has 21 heavy (non-hydrogen) atoms. The Bertz CT molecular complexity index is 683. The van der Waals surface area contributed by atoms with Gasteiger partial charge in [-0.15, -0.1) is 0 Å². The van der Waals surface area contributed by atoms with E-state index in [-0.39, 0.29) is 0 Å². The van der Waals surface area contributed by atoms with E-state index in [2.05, 4.69) is 75.9 Å². The SMILES string of the molecule is CCNc1nc(-c2ccc(C)c(Br)c2)nc(C2CC2)c1I. The Morgan fingerprint density at radius 2 is 2.10 bits per heavy atom. The fourth-order valence-electron chi connectivity index (χ4n) is 2.24. The van der Waals surface area contributed by atoms with Gasteiger partial charge in [0.2, 0.25) is 0 Å². The Hall–Kier alpha value is -0.690. The minimum Gasteiger partial charge on any atom is -0.369 e. The van der Waals surface area contributed by atoms with Crippen molar-refractivity contribution in [1.29, 1.82) is 0 Å². The van der Waals surface area contributed by atoms with Crippen molar-refractivity contribution in [1.82, 2.24) is 9.97 Å². The number of benzene rings is 1. The molecule has 1 saturated carbocycles. The van der Waals surface area contributed by atoms with Crippen LogP contribution in [0, 0.1) is 10.5 Å². The summed E-state index contributed by atoms with van der Waals surface area (Å²) in [5.74, 6) is 2.39. The molecule has 0 amide bonds. The molecule has 0 unspecified atom stereocenters. The second-order valence-electron chi connectivity index (χ2n) is 5.36. The van der Waals surface area contributed by atoms with Gasteiger partial charge in [0.05, 0.1) is 9.26 Å². The second kappa shape index (κ2) is 6.20. The van der Waals surface area contributed by atoms with Crippen molar-refractivity contribution in [3.05, 3.63) is 37.5 Å². The van der Waals surface area contributed by atoms with Gasteiger partial charge in [-0.2, -0.15) is 0 Å². The van der Waals surface area contributed by atoms with Crippen LogP contribution in [0.3, 0.4) is 0 Å². The summed E-state index contributed by atoms with van der Waals surface area (Å²) in [6, 6.07) is 6.29. The van der Waals surface area contributed by atoms with Crippen LogP contribution in [0.15, 0.2) is 22.7 Å². The highest BCUT2D eigenvalue weighted by Gasteiger charge is 2.29. The molecule has 2 aromatic rings. The van der Waals surface area contributed by atoms with Crippen LogP contribution >= 0.6 is 38.5 Å². The number of halogens is 2. The van der Waals surface area contributed by atoms with Crippen molar-refractivity contribution in [3.63, 3.8) is 0 Å². The van der Waals surface area contributed by atoms with Crippen LogP contribution in [0.25, 0.3) is 11.4 Å². The van der Waals surface area contributed by atoms with Gasteiger partial charge >= 0.3 is 0 Å². The van der Waals surface area contributed by atoms with Crippen molar-refractivity contribution < 1.29 is 0 Å². The zero-order chi connectivity index (χ0) is 15.0. The Kier molecular flexibility index (Phi) is 4.49. The Morgan fingerprint density at radius 1 is 1.33 bits per heavy atom. The largest absolute Gasteiger partial charge is 0.369 e. The van der Waals surface area contributed by atoms with Crippen molar-refractivity contribution >= 4 is 44.3 Å². The summed E-state index contributed by atoms with van der Waals surface area (Å²) in [5.41, 5.74) is 3.48. The van der Waals surface area contributed by atoms with E-state index in [4.69, 9.17) is 9.97 Å². The summed E-state index contributed by atoms with van der Waals surface area (Å²) in [6.45, 7) is 5.05. The molecule has 0 atom stereocenters. The first-order valence-electron chi connectivity index (χ1n) is 7.18. The third-order valence-electron chi connectivity index (χ3n) is 3.62. The van der Waals surface area contributed by atoms with Gasteiger partial charge in [-0.25, -0.2) is 9.97 Å². The van der Waals surface area contributed by atoms with E-state index in [0.717, 1.165) is 28.2 Å². The van der Waals surface area contributed by atoms with E-state index in [1.54, 1.807) is 0 Å². The first-order valence-corrected chi connectivity index (χ1v) is 9.05. The molecule has 110 valence electrons. The normalized spacial score (nSPS) is 14.3. The van der Waals surface area contributed by atoms with E-state index < -0.39 is 0 Å². The lowest BCUT2D eigenvalue weighted by Gasteiger charge is -2.12. The number of anilines is 1. The standard InChI is InChI=1S/C16H17BrIN3/c1-3-19-16-13(18)14(10-6-7-10)20-15(21-16)11-5-4-9(2)12(17)8-11/h4-5,8,10H,3,6-7H2,1-2H3,(H,19,20,21). The van der Waals surface area contributed by atoms with Gasteiger partial charge in [0.25, 0.3) is 0 Å². The van der Waals surface area contributed by atoms with Gasteiger partial charge in [-0.05, 0) is 60.9 Å². The predicted molar refractivity (Wildman–Crippen MR) is 98.8 cm³/mol. The van der Waals surface area contributed by atoms with Crippen molar-refractivity contribution in [2.75, 3.05) is 11.9 Å². The Balaban J connectivity index is 2.10. The molecule has 0 spiro atoms. The zero-order valence-electron chi connectivity index (χ0n) is 12.1. The first kappa shape index (κ1) is 15.2. The van der Waals surface area contributed by atoms with Gasteiger partial charge in [0.15, 0.2) is 5.82 Å². The number of hydrogen-bond donors (Lipinski definition) is 1. The maximum absolute atomic E-state index is 4.84. The highest BCUT2D eigenvalue weighted by molar-refractivity contribution is 14.1. The Morgan fingerprint density at radius 3 is 2.71 bits per heavy atom. The molecule has 0 radical (unpaired) electrons. The number of aryl methyl sites for hydroxylation is 1. The summed E-state index contributed by atoms with van der Waals surface area (Å²) in [5, 5.41) is 3.36. The van der Waals surface area contributed by atoms with Crippen molar-refractivity contribution in [2.24, 2.45) is 0 Å². The molecule has 1 N–H and O–H groups in total. The summed E-state index contributed by atoms with van der Waals surface area (Å²) in [7, 11) is 0. The van der Waals surface area contributed by atoms with Gasteiger partial charge in [0.1, 0.15) is 5.82 Å². The molecule has 1 heterocycles. The number of nitrogens with one attached hydrogen (secondary N) is 1. The van der Waals surface area contributed by atoms with Crippen LogP contribution in [0.5, 0.6) is 0 Å². The average molecular weight is 458 g/mol. The van der Waals surface area contributed by atoms with Crippen LogP contribution in [0.2, 0.25) is 0 Å². The third kappa shape index (κ3) is 3.23. The fourth-order valence-corrected chi connectivity index (χ4v) is 3.49. The molecule has 0 aliphatic heterocycles. The minimum absolute atomic E-state index is 0.616.